The summed E-state index contributed by atoms with van der Waals surface area (Å²) in [5, 5.41) is 0. The van der Waals surface area contributed by atoms with Crippen molar-refractivity contribution in [1.29, 1.82) is 0 Å². The first-order valence-electron chi connectivity index (χ1n) is 12.4. The van der Waals surface area contributed by atoms with Gasteiger partial charge in [-0.2, -0.15) is 0 Å². The number of carbonyl (C=O) groups is 4. The lowest BCUT2D eigenvalue weighted by Gasteiger charge is -2.35. The summed E-state index contributed by atoms with van der Waals surface area (Å²) in [7, 11) is 0. The maximum atomic E-state index is 12.8. The molecular formula is C26H24N4O6S4. The summed E-state index contributed by atoms with van der Waals surface area (Å²) in [6.45, 7) is 1.97. The molecule has 0 saturated carbocycles. The molecule has 0 aliphatic carbocycles. The number of nitrogens with zero attached hydrogens (tertiary/aromatic N) is 4. The second-order valence-corrected chi connectivity index (χ2v) is 12.3. The largest absolute Gasteiger partial charge is 0.465 e. The average Bonchev–Trinajstić information content (AvgIpc) is 3.74. The summed E-state index contributed by atoms with van der Waals surface area (Å²) in [6.07, 6.45) is 6.60. The molecule has 14 heteroatoms. The van der Waals surface area contributed by atoms with Gasteiger partial charge in [-0.1, -0.05) is 48.0 Å². The smallest absolute Gasteiger partial charge is 0.266 e. The van der Waals surface area contributed by atoms with E-state index >= 15 is 0 Å². The molecule has 3 fully saturated rings. The summed E-state index contributed by atoms with van der Waals surface area (Å²) in [5.74, 6) is 0.433. The molecular weight excluding hydrogens is 593 g/mol. The molecule has 10 nitrogen and oxygen atoms in total. The molecule has 2 aromatic heterocycles. The van der Waals surface area contributed by atoms with E-state index in [1.54, 1.807) is 46.2 Å². The van der Waals surface area contributed by atoms with E-state index in [1.807, 2.05) is 0 Å². The Bertz CT molecular complexity index is 1290. The van der Waals surface area contributed by atoms with E-state index in [9.17, 15) is 19.2 Å². The Hall–Kier alpha value is -3.20. The predicted molar refractivity (Wildman–Crippen MR) is 160 cm³/mol. The van der Waals surface area contributed by atoms with Gasteiger partial charge in [0.25, 0.3) is 11.8 Å². The van der Waals surface area contributed by atoms with Crippen LogP contribution in [0.3, 0.4) is 0 Å². The lowest BCUT2D eigenvalue weighted by Crippen LogP contribution is -2.51. The van der Waals surface area contributed by atoms with Gasteiger partial charge in [0, 0.05) is 64.3 Å². The zero-order chi connectivity index (χ0) is 28.2. The Kier molecular flexibility index (Phi) is 8.88. The molecule has 0 atom stereocenters. The maximum Gasteiger partial charge on any atom is 0.266 e. The second kappa shape index (κ2) is 12.5. The van der Waals surface area contributed by atoms with Crippen LogP contribution in [0.4, 0.5) is 0 Å². The van der Waals surface area contributed by atoms with Crippen LogP contribution in [0.5, 0.6) is 0 Å². The summed E-state index contributed by atoms with van der Waals surface area (Å²) < 4.78 is 11.3. The molecule has 0 bridgehead atoms. The first kappa shape index (κ1) is 28.3. The summed E-state index contributed by atoms with van der Waals surface area (Å²) in [4.78, 5) is 58.3. The molecule has 4 amide bonds. The fourth-order valence-electron chi connectivity index (χ4n) is 4.33. The summed E-state index contributed by atoms with van der Waals surface area (Å²) in [6, 6.07) is 6.97. The number of piperazine rings is 1. The molecule has 5 rings (SSSR count). The Morgan fingerprint density at radius 2 is 1.15 bits per heavy atom. The third kappa shape index (κ3) is 6.40. The quantitative estimate of drug-likeness (QED) is 0.324. The monoisotopic (exact) mass is 616 g/mol. The van der Waals surface area contributed by atoms with Gasteiger partial charge in [0.1, 0.15) is 20.2 Å². The fraction of sp³-hybridized carbons (Fsp3) is 0.308. The molecule has 0 N–H and O–H groups in total. The first-order valence-corrected chi connectivity index (χ1v) is 14.9. The molecule has 2 aromatic rings. The molecule has 0 unspecified atom stereocenters. The molecule has 3 aliphatic heterocycles. The van der Waals surface area contributed by atoms with Gasteiger partial charge >= 0.3 is 0 Å². The van der Waals surface area contributed by atoms with Crippen LogP contribution in [0.1, 0.15) is 24.4 Å². The van der Waals surface area contributed by atoms with Crippen molar-refractivity contribution in [2.45, 2.75) is 12.8 Å². The Morgan fingerprint density at radius 1 is 0.750 bits per heavy atom. The molecule has 208 valence electrons. The lowest BCUT2D eigenvalue weighted by atomic mass is 10.2. The van der Waals surface area contributed by atoms with E-state index in [0.29, 0.717) is 56.2 Å². The summed E-state index contributed by atoms with van der Waals surface area (Å²) in [5.41, 5.74) is 0. The molecule has 40 heavy (non-hydrogen) atoms. The number of thioether (sulfide) groups is 2. The van der Waals surface area contributed by atoms with E-state index in [0.717, 1.165) is 0 Å². The van der Waals surface area contributed by atoms with Crippen LogP contribution in [0.15, 0.2) is 55.4 Å². The zero-order valence-electron chi connectivity index (χ0n) is 21.1. The van der Waals surface area contributed by atoms with E-state index in [1.165, 1.54) is 45.8 Å². The molecule has 3 aliphatic rings. The lowest BCUT2D eigenvalue weighted by molar-refractivity contribution is -0.140. The van der Waals surface area contributed by atoms with Crippen LogP contribution in [0.25, 0.3) is 12.2 Å². The van der Waals surface area contributed by atoms with Crippen molar-refractivity contribution in [2.75, 3.05) is 39.3 Å². The topological polar surface area (TPSA) is 108 Å². The second-order valence-electron chi connectivity index (χ2n) is 8.96. The summed E-state index contributed by atoms with van der Waals surface area (Å²) >= 11 is 13.0. The van der Waals surface area contributed by atoms with Crippen molar-refractivity contribution in [2.24, 2.45) is 0 Å². The minimum atomic E-state index is -0.243. The highest BCUT2D eigenvalue weighted by molar-refractivity contribution is 8.27. The number of furan rings is 2. The Labute approximate surface area is 249 Å². The molecule has 0 spiro atoms. The van der Waals surface area contributed by atoms with Crippen LogP contribution in [-0.4, -0.2) is 91.1 Å². The van der Waals surface area contributed by atoms with Crippen molar-refractivity contribution in [3.63, 3.8) is 0 Å². The van der Waals surface area contributed by atoms with Crippen LogP contribution in [0.2, 0.25) is 0 Å². The Morgan fingerprint density at radius 3 is 1.50 bits per heavy atom. The third-order valence-corrected chi connectivity index (χ3v) is 9.22. The van der Waals surface area contributed by atoms with Crippen molar-refractivity contribution >= 4 is 92.4 Å². The van der Waals surface area contributed by atoms with Crippen molar-refractivity contribution in [3.05, 3.63) is 58.1 Å². The SMILES string of the molecule is O=C(CCN1C(=O)/C(=C\c2ccco2)SC1=S)N1CCN(C(=O)CCN2C(=O)/C(=C\c3ccco3)SC2=S)CC1. The van der Waals surface area contributed by atoms with Crippen molar-refractivity contribution in [3.8, 4) is 0 Å². The number of rotatable bonds is 8. The number of hydrogen-bond donors (Lipinski definition) is 0. The Balaban J connectivity index is 1.05. The van der Waals surface area contributed by atoms with E-state index in [4.69, 9.17) is 33.3 Å². The van der Waals surface area contributed by atoms with E-state index in [2.05, 4.69) is 0 Å². The minimum Gasteiger partial charge on any atom is -0.465 e. The van der Waals surface area contributed by atoms with Crippen LogP contribution in [-0.2, 0) is 19.2 Å². The van der Waals surface area contributed by atoms with Crippen molar-refractivity contribution in [1.82, 2.24) is 19.6 Å². The maximum absolute atomic E-state index is 12.8. The van der Waals surface area contributed by atoms with Gasteiger partial charge < -0.3 is 18.6 Å². The highest BCUT2D eigenvalue weighted by Crippen LogP contribution is 2.33. The highest BCUT2D eigenvalue weighted by atomic mass is 32.2. The van der Waals surface area contributed by atoms with E-state index < -0.39 is 0 Å². The van der Waals surface area contributed by atoms with Gasteiger partial charge in [-0.3, -0.25) is 29.0 Å². The molecule has 0 aromatic carbocycles. The molecule has 3 saturated heterocycles. The standard InChI is InChI=1S/C26H24N4O6S4/c31-21(5-7-29-23(33)19(39-25(29)37)15-17-3-1-13-35-17)27-9-11-28(12-10-27)22(32)6-8-30-24(34)20(40-26(30)38)16-18-4-2-14-36-18/h1-4,13-16H,5-12H2/b19-15+,20-16+. The van der Waals surface area contributed by atoms with Crippen LogP contribution >= 0.6 is 48.0 Å². The van der Waals surface area contributed by atoms with E-state index in [-0.39, 0.29) is 49.6 Å². The minimum absolute atomic E-state index is 0.0999. The van der Waals surface area contributed by atoms with Gasteiger partial charge in [-0.15, -0.1) is 0 Å². The van der Waals surface area contributed by atoms with Gasteiger partial charge in [0.05, 0.1) is 22.3 Å². The molecule has 0 radical (unpaired) electrons. The molecule has 5 heterocycles. The van der Waals surface area contributed by atoms with Crippen LogP contribution in [0, 0.1) is 0 Å². The predicted octanol–water partition coefficient (Wildman–Crippen LogP) is 3.43. The van der Waals surface area contributed by atoms with Crippen LogP contribution < -0.4 is 0 Å². The fourth-order valence-corrected chi connectivity index (χ4v) is 6.90. The number of hydrogen-bond acceptors (Lipinski definition) is 10. The average molecular weight is 617 g/mol. The van der Waals surface area contributed by atoms with Gasteiger partial charge in [0.15, 0.2) is 0 Å². The van der Waals surface area contributed by atoms with Gasteiger partial charge in [0.2, 0.25) is 11.8 Å². The highest BCUT2D eigenvalue weighted by Gasteiger charge is 2.35. The van der Waals surface area contributed by atoms with Gasteiger partial charge in [-0.25, -0.2) is 0 Å². The van der Waals surface area contributed by atoms with Crippen molar-refractivity contribution < 1.29 is 28.0 Å². The number of carbonyl (C=O) groups excluding carboxylic acids is 4. The first-order chi connectivity index (χ1) is 19.3. The normalized spacial score (nSPS) is 20.1. The number of thiocarbonyl (C=S) groups is 2. The zero-order valence-corrected chi connectivity index (χ0v) is 24.4. The third-order valence-electron chi connectivity index (χ3n) is 6.46. The van der Waals surface area contributed by atoms with Gasteiger partial charge in [-0.05, 0) is 24.3 Å². The number of amides is 4.